The van der Waals surface area contributed by atoms with Gasteiger partial charge in [-0.1, -0.05) is 49.2 Å². The summed E-state index contributed by atoms with van der Waals surface area (Å²) in [7, 11) is -7.64. The van der Waals surface area contributed by atoms with Crippen LogP contribution in [0.2, 0.25) is 0 Å². The summed E-state index contributed by atoms with van der Waals surface area (Å²) < 4.78 is 59.3. The maximum Gasteiger partial charge on any atom is 0.297 e. The fourth-order valence-corrected chi connectivity index (χ4v) is 4.83. The first kappa shape index (κ1) is 24.5. The van der Waals surface area contributed by atoms with Crippen molar-refractivity contribution in [2.75, 3.05) is 0 Å². The lowest BCUT2D eigenvalue weighted by Gasteiger charge is -2.31. The minimum atomic E-state index is -4.02. The summed E-state index contributed by atoms with van der Waals surface area (Å²) in [5, 5.41) is 0. The van der Waals surface area contributed by atoms with Gasteiger partial charge in [-0.2, -0.15) is 16.8 Å². The third kappa shape index (κ3) is 7.19. The standard InChI is InChI=1S/C15H22O3S.C7H8O3S/c1-11-4-8-15(9-5-11)19(16,17)18-14-7-6-12(2)13(3)10-14;1-6-2-4-7(5-3-6)11(8,9)10/h4-5,8-9,12-14H,6-7,10H2,1-3H3;2-5H,1H3,(H,8,9,10). The van der Waals surface area contributed by atoms with Crippen LogP contribution in [0.5, 0.6) is 0 Å². The molecule has 0 aromatic heterocycles. The number of hydrogen-bond donors (Lipinski definition) is 1. The quantitative estimate of drug-likeness (QED) is 0.528. The Morgan fingerprint density at radius 3 is 1.67 bits per heavy atom. The predicted molar refractivity (Wildman–Crippen MR) is 116 cm³/mol. The van der Waals surface area contributed by atoms with E-state index in [9.17, 15) is 16.8 Å². The molecule has 3 unspecified atom stereocenters. The lowest BCUT2D eigenvalue weighted by atomic mass is 9.80. The molecule has 3 atom stereocenters. The zero-order valence-corrected chi connectivity index (χ0v) is 19.4. The van der Waals surface area contributed by atoms with Crippen molar-refractivity contribution in [3.63, 3.8) is 0 Å². The summed E-state index contributed by atoms with van der Waals surface area (Å²) in [4.78, 5) is 0.187. The van der Waals surface area contributed by atoms with Crippen molar-refractivity contribution in [3.05, 3.63) is 59.7 Å². The van der Waals surface area contributed by atoms with Crippen LogP contribution in [0, 0.1) is 25.7 Å². The first-order valence-corrected chi connectivity index (χ1v) is 12.8. The fourth-order valence-electron chi connectivity index (χ4n) is 3.24. The van der Waals surface area contributed by atoms with Crippen LogP contribution in [0.15, 0.2) is 58.3 Å². The highest BCUT2D eigenvalue weighted by atomic mass is 32.2. The van der Waals surface area contributed by atoms with Gasteiger partial charge in [0.05, 0.1) is 15.9 Å². The lowest BCUT2D eigenvalue weighted by Crippen LogP contribution is -2.28. The first-order valence-electron chi connectivity index (χ1n) is 9.92. The number of hydrogen-bond acceptors (Lipinski definition) is 5. The summed E-state index contributed by atoms with van der Waals surface area (Å²) >= 11 is 0. The van der Waals surface area contributed by atoms with Crippen molar-refractivity contribution >= 4 is 20.2 Å². The molecular weight excluding hydrogens is 424 g/mol. The first-order chi connectivity index (χ1) is 13.9. The van der Waals surface area contributed by atoms with Gasteiger partial charge in [-0.15, -0.1) is 0 Å². The molecule has 8 heteroatoms. The molecule has 2 aromatic carbocycles. The topological polar surface area (TPSA) is 97.7 Å². The Hall–Kier alpha value is -1.74. The van der Waals surface area contributed by atoms with Crippen molar-refractivity contribution < 1.29 is 25.6 Å². The molecule has 1 aliphatic carbocycles. The minimum Gasteiger partial charge on any atom is -0.282 e. The molecule has 1 fully saturated rings. The van der Waals surface area contributed by atoms with E-state index in [1.165, 1.54) is 12.1 Å². The lowest BCUT2D eigenvalue weighted by molar-refractivity contribution is 0.106. The molecule has 0 amide bonds. The molecule has 1 N–H and O–H groups in total. The van der Waals surface area contributed by atoms with Crippen LogP contribution in [-0.4, -0.2) is 27.5 Å². The highest BCUT2D eigenvalue weighted by Crippen LogP contribution is 2.32. The Labute approximate surface area is 180 Å². The molecule has 0 heterocycles. The monoisotopic (exact) mass is 454 g/mol. The largest absolute Gasteiger partial charge is 0.297 e. The molecule has 0 bridgehead atoms. The number of aryl methyl sites for hydroxylation is 2. The Kier molecular flexibility index (Phi) is 8.21. The van der Waals surface area contributed by atoms with Crippen LogP contribution in [0.3, 0.4) is 0 Å². The number of rotatable bonds is 4. The van der Waals surface area contributed by atoms with Crippen LogP contribution in [-0.2, 0) is 24.4 Å². The summed E-state index contributed by atoms with van der Waals surface area (Å²) in [5.74, 6) is 1.17. The molecule has 1 saturated carbocycles. The van der Waals surface area contributed by atoms with E-state index in [0.29, 0.717) is 11.8 Å². The second-order valence-corrected chi connectivity index (χ2v) is 11.0. The molecule has 0 spiro atoms. The van der Waals surface area contributed by atoms with Gasteiger partial charge in [0, 0.05) is 0 Å². The van der Waals surface area contributed by atoms with Crippen molar-refractivity contribution in [1.29, 1.82) is 0 Å². The van der Waals surface area contributed by atoms with E-state index in [4.69, 9.17) is 8.74 Å². The van der Waals surface area contributed by atoms with E-state index in [0.717, 1.165) is 30.4 Å². The van der Waals surface area contributed by atoms with E-state index >= 15 is 0 Å². The molecule has 166 valence electrons. The van der Waals surface area contributed by atoms with Crippen LogP contribution in [0.1, 0.15) is 44.2 Å². The maximum atomic E-state index is 12.2. The van der Waals surface area contributed by atoms with Crippen molar-refractivity contribution in [2.24, 2.45) is 11.8 Å². The van der Waals surface area contributed by atoms with Crippen LogP contribution >= 0.6 is 0 Å². The third-order valence-corrected chi connectivity index (χ3v) is 7.68. The Bertz CT molecular complexity index is 1030. The smallest absolute Gasteiger partial charge is 0.282 e. The summed E-state index contributed by atoms with van der Waals surface area (Å²) in [6.07, 6.45) is 2.52. The van der Waals surface area contributed by atoms with Gasteiger partial charge < -0.3 is 0 Å². The molecular formula is C22H30O6S2. The van der Waals surface area contributed by atoms with Gasteiger partial charge in [-0.05, 0) is 69.2 Å². The summed E-state index contributed by atoms with van der Waals surface area (Å²) in [6.45, 7) is 8.16. The Balaban J connectivity index is 0.000000248. The van der Waals surface area contributed by atoms with Gasteiger partial charge in [0.25, 0.3) is 20.2 Å². The van der Waals surface area contributed by atoms with Gasteiger partial charge in [-0.3, -0.25) is 8.74 Å². The number of benzene rings is 2. The maximum absolute atomic E-state index is 12.2. The Morgan fingerprint density at radius 2 is 1.23 bits per heavy atom. The minimum absolute atomic E-state index is 0.0666. The van der Waals surface area contributed by atoms with E-state index in [-0.39, 0.29) is 15.9 Å². The van der Waals surface area contributed by atoms with Crippen molar-refractivity contribution in [2.45, 2.75) is 62.9 Å². The highest BCUT2D eigenvalue weighted by molar-refractivity contribution is 7.86. The summed E-state index contributed by atoms with van der Waals surface area (Å²) in [6, 6.07) is 12.8. The Morgan fingerprint density at radius 1 is 0.767 bits per heavy atom. The molecule has 30 heavy (non-hydrogen) atoms. The van der Waals surface area contributed by atoms with Gasteiger partial charge >= 0.3 is 0 Å². The summed E-state index contributed by atoms with van der Waals surface area (Å²) in [5.41, 5.74) is 2.00. The molecule has 0 aliphatic heterocycles. The van der Waals surface area contributed by atoms with Gasteiger partial charge in [0.15, 0.2) is 0 Å². The zero-order valence-electron chi connectivity index (χ0n) is 17.8. The average Bonchev–Trinajstić information content (AvgIpc) is 2.65. The molecule has 6 nitrogen and oxygen atoms in total. The molecule has 3 rings (SSSR count). The molecule has 0 saturated heterocycles. The van der Waals surface area contributed by atoms with Crippen molar-refractivity contribution in [1.82, 2.24) is 0 Å². The zero-order chi connectivity index (χ0) is 22.5. The fraction of sp³-hybridized carbons (Fsp3) is 0.455. The normalized spacial score (nSPS) is 22.1. The second-order valence-electron chi connectivity index (χ2n) is 8.04. The highest BCUT2D eigenvalue weighted by Gasteiger charge is 2.29. The third-order valence-electron chi connectivity index (χ3n) is 5.44. The SMILES string of the molecule is Cc1ccc(S(=O)(=O)O)cc1.Cc1ccc(S(=O)(=O)OC2CCC(C)C(C)C2)cc1. The van der Waals surface area contributed by atoms with E-state index in [1.54, 1.807) is 36.4 Å². The van der Waals surface area contributed by atoms with E-state index in [1.807, 2.05) is 13.8 Å². The predicted octanol–water partition coefficient (Wildman–Crippen LogP) is 4.77. The average molecular weight is 455 g/mol. The second kappa shape index (κ2) is 10.0. The molecule has 2 aromatic rings. The van der Waals surface area contributed by atoms with Crippen LogP contribution in [0.4, 0.5) is 0 Å². The van der Waals surface area contributed by atoms with Gasteiger partial charge in [0.2, 0.25) is 0 Å². The van der Waals surface area contributed by atoms with E-state index < -0.39 is 20.2 Å². The van der Waals surface area contributed by atoms with Gasteiger partial charge in [-0.25, -0.2) is 0 Å². The van der Waals surface area contributed by atoms with E-state index in [2.05, 4.69) is 13.8 Å². The van der Waals surface area contributed by atoms with Crippen LogP contribution < -0.4 is 0 Å². The van der Waals surface area contributed by atoms with Gasteiger partial charge in [0.1, 0.15) is 0 Å². The van der Waals surface area contributed by atoms with Crippen molar-refractivity contribution in [3.8, 4) is 0 Å². The van der Waals surface area contributed by atoms with Crippen LogP contribution in [0.25, 0.3) is 0 Å². The molecule has 0 radical (unpaired) electrons. The molecule has 1 aliphatic rings.